The molecule has 0 aromatic carbocycles. The minimum Gasteiger partial charge on any atom is -0.353 e. The summed E-state index contributed by atoms with van der Waals surface area (Å²) in [6.07, 6.45) is 0.919. The number of nitrogens with zero attached hydrogens (tertiary/aromatic N) is 1. The molecule has 2 saturated heterocycles. The molecule has 0 radical (unpaired) electrons. The second-order valence-electron chi connectivity index (χ2n) is 3.76. The van der Waals surface area contributed by atoms with E-state index in [0.29, 0.717) is 6.04 Å². The van der Waals surface area contributed by atoms with Crippen LogP contribution < -0.4 is 10.6 Å². The normalized spacial score (nSPS) is 35.3. The third kappa shape index (κ3) is 1.56. The molecule has 0 spiro atoms. The summed E-state index contributed by atoms with van der Waals surface area (Å²) in [7, 11) is 0. The van der Waals surface area contributed by atoms with Crippen molar-refractivity contribution in [3.8, 4) is 0 Å². The van der Waals surface area contributed by atoms with Gasteiger partial charge in [0.1, 0.15) is 0 Å². The van der Waals surface area contributed by atoms with Crippen LogP contribution in [-0.4, -0.2) is 49.1 Å². The third-order valence-electron chi connectivity index (χ3n) is 3.00. The van der Waals surface area contributed by atoms with Crippen molar-refractivity contribution in [3.05, 3.63) is 0 Å². The first kappa shape index (κ1) is 8.97. The molecule has 1 amide bonds. The fraction of sp³-hybridized carbons (Fsp3) is 0.889. The first-order valence-corrected chi connectivity index (χ1v) is 5.07. The molecule has 2 rings (SSSR count). The number of nitrogens with one attached hydrogen (secondary N) is 2. The molecule has 2 N–H and O–H groups in total. The topological polar surface area (TPSA) is 44.4 Å². The summed E-state index contributed by atoms with van der Waals surface area (Å²) in [4.78, 5) is 13.8. The van der Waals surface area contributed by atoms with Gasteiger partial charge in [0.15, 0.2) is 0 Å². The molecule has 2 heterocycles. The number of hydrogen-bond donors (Lipinski definition) is 2. The molecule has 13 heavy (non-hydrogen) atoms. The van der Waals surface area contributed by atoms with E-state index in [2.05, 4.69) is 22.5 Å². The van der Waals surface area contributed by atoms with Crippen LogP contribution >= 0.6 is 0 Å². The minimum atomic E-state index is 0.112. The van der Waals surface area contributed by atoms with Gasteiger partial charge in [0.05, 0.1) is 6.04 Å². The predicted molar refractivity (Wildman–Crippen MR) is 50.5 cm³/mol. The molecule has 0 aliphatic carbocycles. The maximum atomic E-state index is 11.5. The van der Waals surface area contributed by atoms with Crippen molar-refractivity contribution >= 4 is 5.91 Å². The van der Waals surface area contributed by atoms with Gasteiger partial charge in [-0.25, -0.2) is 0 Å². The summed E-state index contributed by atoms with van der Waals surface area (Å²) in [5.41, 5.74) is 0. The Labute approximate surface area is 78.7 Å². The van der Waals surface area contributed by atoms with Gasteiger partial charge in [-0.1, -0.05) is 6.92 Å². The molecule has 2 unspecified atom stereocenters. The lowest BCUT2D eigenvalue weighted by atomic mass is 10.0. The molecule has 4 heteroatoms. The van der Waals surface area contributed by atoms with Crippen LogP contribution in [0.3, 0.4) is 0 Å². The fourth-order valence-electron chi connectivity index (χ4n) is 2.28. The fourth-order valence-corrected chi connectivity index (χ4v) is 2.28. The molecular formula is C9H17N3O. The summed E-state index contributed by atoms with van der Waals surface area (Å²) in [5.74, 6) is 0.209. The second kappa shape index (κ2) is 3.64. The van der Waals surface area contributed by atoms with Crippen LogP contribution in [0, 0.1) is 0 Å². The average Bonchev–Trinajstić information content (AvgIpc) is 2.18. The van der Waals surface area contributed by atoms with E-state index in [9.17, 15) is 4.79 Å². The standard InChI is InChI=1S/C9H17N3O/c1-2-8-9(13)11-6-7-5-10-3-4-12(7)8/h7-8,10H,2-6H2,1H3,(H,11,13). The van der Waals surface area contributed by atoms with Crippen LogP contribution in [0.4, 0.5) is 0 Å². The van der Waals surface area contributed by atoms with Gasteiger partial charge < -0.3 is 10.6 Å². The van der Waals surface area contributed by atoms with Crippen LogP contribution in [0.15, 0.2) is 0 Å². The first-order valence-electron chi connectivity index (χ1n) is 5.07. The Bertz CT molecular complexity index is 207. The Balaban J connectivity index is 2.09. The zero-order chi connectivity index (χ0) is 9.26. The van der Waals surface area contributed by atoms with E-state index in [1.165, 1.54) is 0 Å². The molecule has 2 aliphatic rings. The lowest BCUT2D eigenvalue weighted by molar-refractivity contribution is -0.131. The average molecular weight is 183 g/mol. The number of amides is 1. The Morgan fingerprint density at radius 2 is 2.38 bits per heavy atom. The first-order chi connectivity index (χ1) is 6.33. The number of fused-ring (bicyclic) bond motifs is 1. The van der Waals surface area contributed by atoms with Gasteiger partial charge in [-0.15, -0.1) is 0 Å². The molecule has 74 valence electrons. The molecule has 2 aliphatic heterocycles. The van der Waals surface area contributed by atoms with Crippen LogP contribution in [0.5, 0.6) is 0 Å². The van der Waals surface area contributed by atoms with Crippen molar-refractivity contribution < 1.29 is 4.79 Å². The highest BCUT2D eigenvalue weighted by molar-refractivity contribution is 5.82. The van der Waals surface area contributed by atoms with E-state index >= 15 is 0 Å². The van der Waals surface area contributed by atoms with Crippen molar-refractivity contribution in [2.75, 3.05) is 26.2 Å². The SMILES string of the molecule is CCC1C(=O)NCC2CNCCN21. The summed E-state index contributed by atoms with van der Waals surface area (Å²) < 4.78 is 0. The Morgan fingerprint density at radius 3 is 3.15 bits per heavy atom. The number of rotatable bonds is 1. The van der Waals surface area contributed by atoms with Crippen LogP contribution in [0.25, 0.3) is 0 Å². The summed E-state index contributed by atoms with van der Waals surface area (Å²) in [5, 5.41) is 6.31. The van der Waals surface area contributed by atoms with E-state index in [4.69, 9.17) is 0 Å². The van der Waals surface area contributed by atoms with Gasteiger partial charge in [0, 0.05) is 32.2 Å². The van der Waals surface area contributed by atoms with Crippen molar-refractivity contribution in [1.82, 2.24) is 15.5 Å². The van der Waals surface area contributed by atoms with Gasteiger partial charge in [0.2, 0.25) is 5.91 Å². The molecule has 0 aromatic rings. The Hall–Kier alpha value is -0.610. The molecule has 2 fully saturated rings. The van der Waals surface area contributed by atoms with Crippen molar-refractivity contribution in [2.24, 2.45) is 0 Å². The molecule has 0 bridgehead atoms. The highest BCUT2D eigenvalue weighted by Crippen LogP contribution is 2.14. The zero-order valence-corrected chi connectivity index (χ0v) is 8.05. The highest BCUT2D eigenvalue weighted by Gasteiger charge is 2.35. The monoisotopic (exact) mass is 183 g/mol. The maximum absolute atomic E-state index is 11.5. The van der Waals surface area contributed by atoms with Gasteiger partial charge in [-0.2, -0.15) is 0 Å². The number of hydrogen-bond acceptors (Lipinski definition) is 3. The van der Waals surface area contributed by atoms with Crippen molar-refractivity contribution in [1.29, 1.82) is 0 Å². The minimum absolute atomic E-state index is 0.112. The molecule has 4 nitrogen and oxygen atoms in total. The number of piperazine rings is 2. The van der Waals surface area contributed by atoms with E-state index in [1.807, 2.05) is 0 Å². The molecule has 0 saturated carbocycles. The van der Waals surface area contributed by atoms with E-state index in [1.54, 1.807) is 0 Å². The van der Waals surface area contributed by atoms with Crippen LogP contribution in [0.2, 0.25) is 0 Å². The van der Waals surface area contributed by atoms with Gasteiger partial charge >= 0.3 is 0 Å². The highest BCUT2D eigenvalue weighted by atomic mass is 16.2. The Kier molecular flexibility index (Phi) is 2.51. The van der Waals surface area contributed by atoms with E-state index in [0.717, 1.165) is 32.6 Å². The Morgan fingerprint density at radius 1 is 1.54 bits per heavy atom. The van der Waals surface area contributed by atoms with E-state index in [-0.39, 0.29) is 11.9 Å². The summed E-state index contributed by atoms with van der Waals surface area (Å²) in [6.45, 7) is 5.92. The summed E-state index contributed by atoms with van der Waals surface area (Å²) >= 11 is 0. The quantitative estimate of drug-likeness (QED) is 0.557. The zero-order valence-electron chi connectivity index (χ0n) is 8.05. The smallest absolute Gasteiger partial charge is 0.237 e. The van der Waals surface area contributed by atoms with Gasteiger partial charge in [-0.3, -0.25) is 9.69 Å². The number of carbonyl (C=O) groups excluding carboxylic acids is 1. The lowest BCUT2D eigenvalue weighted by Crippen LogP contribution is -2.66. The molecule has 2 atom stereocenters. The van der Waals surface area contributed by atoms with Crippen molar-refractivity contribution in [3.63, 3.8) is 0 Å². The predicted octanol–water partition coefficient (Wildman–Crippen LogP) is -0.831. The van der Waals surface area contributed by atoms with E-state index < -0.39 is 0 Å². The largest absolute Gasteiger partial charge is 0.353 e. The van der Waals surface area contributed by atoms with Gasteiger partial charge in [-0.05, 0) is 6.42 Å². The third-order valence-corrected chi connectivity index (χ3v) is 3.00. The molecule has 0 aromatic heterocycles. The molecular weight excluding hydrogens is 166 g/mol. The van der Waals surface area contributed by atoms with Crippen molar-refractivity contribution in [2.45, 2.75) is 25.4 Å². The summed E-state index contributed by atoms with van der Waals surface area (Å²) in [6, 6.07) is 0.622. The van der Waals surface area contributed by atoms with Crippen LogP contribution in [-0.2, 0) is 4.79 Å². The lowest BCUT2D eigenvalue weighted by Gasteiger charge is -2.44. The van der Waals surface area contributed by atoms with Crippen LogP contribution in [0.1, 0.15) is 13.3 Å². The number of carbonyl (C=O) groups is 1. The maximum Gasteiger partial charge on any atom is 0.237 e. The van der Waals surface area contributed by atoms with Gasteiger partial charge in [0.25, 0.3) is 0 Å². The second-order valence-corrected chi connectivity index (χ2v) is 3.76.